The molecule has 1 aliphatic heterocycles. The van der Waals surface area contributed by atoms with Crippen molar-refractivity contribution in [3.8, 4) is 0 Å². The lowest BCUT2D eigenvalue weighted by Crippen LogP contribution is -2.60. The van der Waals surface area contributed by atoms with Crippen molar-refractivity contribution in [2.45, 2.75) is 326 Å². The van der Waals surface area contributed by atoms with Crippen LogP contribution in [0.15, 0.2) is 0 Å². The number of aliphatic hydroxyl groups is 5. The number of amides is 1. The third-order valence-electron chi connectivity index (χ3n) is 13.7. The van der Waals surface area contributed by atoms with Gasteiger partial charge in [-0.25, -0.2) is 0 Å². The van der Waals surface area contributed by atoms with E-state index in [1.54, 1.807) is 0 Å². The van der Waals surface area contributed by atoms with E-state index in [4.69, 9.17) is 9.47 Å². The standard InChI is InChI=1S/C54H107NO8/c1-3-5-7-9-11-13-14-15-16-17-18-19-20-21-22-23-24-25-26-27-28-29-30-31-32-33-34-36-38-40-42-44-50(58)55-47(48(57)43-41-39-37-35-12-10-8-6-4-2)46-62-54-53(61)52(60)51(59)49(45-56)63-54/h47-49,51-54,56-57,59-61H,3-46H2,1-2H3,(H,55,58)/t47-,48+,49+,51-,52?,53?,54+/m0/s1. The SMILES string of the molecule is CCCCCCCCCCCCCCCCCCCCCCCCCCCCCCCCCC(=O)N[C@@H](CO[C@@H]1O[C@H](CO)[C@H](O)C(O)C1O)[C@H](O)CCCCCCCCCCC. The molecular formula is C54H107NO8. The van der Waals surface area contributed by atoms with E-state index in [-0.39, 0.29) is 12.5 Å². The minimum absolute atomic E-state index is 0.132. The Balaban J connectivity index is 2.05. The van der Waals surface area contributed by atoms with E-state index >= 15 is 0 Å². The molecule has 0 aromatic heterocycles. The number of carbonyl (C=O) groups excluding carboxylic acids is 1. The van der Waals surface area contributed by atoms with Gasteiger partial charge >= 0.3 is 0 Å². The predicted molar refractivity (Wildman–Crippen MR) is 263 cm³/mol. The number of unbranched alkanes of at least 4 members (excludes halogenated alkanes) is 38. The fraction of sp³-hybridized carbons (Fsp3) is 0.981. The summed E-state index contributed by atoms with van der Waals surface area (Å²) in [5.41, 5.74) is 0. The van der Waals surface area contributed by atoms with Gasteiger partial charge in [-0.3, -0.25) is 4.79 Å². The molecular weight excluding hydrogens is 791 g/mol. The Labute approximate surface area is 389 Å². The van der Waals surface area contributed by atoms with Crippen LogP contribution in [0.1, 0.15) is 284 Å². The molecule has 0 aliphatic carbocycles. The lowest BCUT2D eigenvalue weighted by atomic mass is 9.99. The van der Waals surface area contributed by atoms with Gasteiger partial charge < -0.3 is 40.3 Å². The van der Waals surface area contributed by atoms with Crippen LogP contribution in [0.5, 0.6) is 0 Å². The molecule has 1 fully saturated rings. The maximum absolute atomic E-state index is 13.0. The predicted octanol–water partition coefficient (Wildman–Crippen LogP) is 13.1. The maximum atomic E-state index is 13.0. The number of rotatable bonds is 48. The van der Waals surface area contributed by atoms with Crippen molar-refractivity contribution in [2.24, 2.45) is 0 Å². The summed E-state index contributed by atoms with van der Waals surface area (Å²) < 4.78 is 11.3. The molecule has 0 spiro atoms. The fourth-order valence-electron chi connectivity index (χ4n) is 9.28. The molecule has 7 atom stereocenters. The second-order valence-electron chi connectivity index (χ2n) is 19.7. The first-order valence-electron chi connectivity index (χ1n) is 27.7. The largest absolute Gasteiger partial charge is 0.394 e. The molecule has 63 heavy (non-hydrogen) atoms. The number of nitrogens with one attached hydrogen (secondary N) is 1. The third-order valence-corrected chi connectivity index (χ3v) is 13.7. The van der Waals surface area contributed by atoms with Gasteiger partial charge in [-0.05, 0) is 12.8 Å². The number of carbonyl (C=O) groups is 1. The molecule has 1 rings (SSSR count). The summed E-state index contributed by atoms with van der Waals surface area (Å²) in [6.07, 6.45) is 46.0. The van der Waals surface area contributed by atoms with Gasteiger partial charge in [0, 0.05) is 6.42 Å². The molecule has 376 valence electrons. The van der Waals surface area contributed by atoms with Crippen LogP contribution in [0.25, 0.3) is 0 Å². The Kier molecular flexibility index (Phi) is 43.0. The zero-order valence-corrected chi connectivity index (χ0v) is 41.6. The summed E-state index contributed by atoms with van der Waals surface area (Å²) in [5, 5.41) is 54.3. The topological polar surface area (TPSA) is 149 Å². The van der Waals surface area contributed by atoms with Crippen LogP contribution in [0.2, 0.25) is 0 Å². The lowest BCUT2D eigenvalue weighted by molar-refractivity contribution is -0.302. The Morgan fingerprint density at radius 1 is 0.476 bits per heavy atom. The van der Waals surface area contributed by atoms with Crippen LogP contribution in [0.3, 0.4) is 0 Å². The summed E-state index contributed by atoms with van der Waals surface area (Å²) in [7, 11) is 0. The highest BCUT2D eigenvalue weighted by atomic mass is 16.7. The van der Waals surface area contributed by atoms with E-state index in [9.17, 15) is 30.3 Å². The zero-order chi connectivity index (χ0) is 45.9. The highest BCUT2D eigenvalue weighted by Gasteiger charge is 2.44. The molecule has 0 aromatic rings. The molecule has 0 radical (unpaired) electrons. The molecule has 0 bridgehead atoms. The van der Waals surface area contributed by atoms with E-state index < -0.39 is 49.5 Å². The number of aliphatic hydroxyl groups excluding tert-OH is 5. The first-order valence-corrected chi connectivity index (χ1v) is 27.7. The molecule has 9 heteroatoms. The minimum atomic E-state index is -1.55. The molecule has 0 saturated carbocycles. The number of hydrogen-bond donors (Lipinski definition) is 6. The van der Waals surface area contributed by atoms with Crippen LogP contribution < -0.4 is 5.32 Å². The van der Waals surface area contributed by atoms with E-state index in [2.05, 4.69) is 19.2 Å². The van der Waals surface area contributed by atoms with Crippen LogP contribution in [-0.4, -0.2) is 87.5 Å². The normalized spacial score (nSPS) is 20.0. The Morgan fingerprint density at radius 2 is 0.794 bits per heavy atom. The fourth-order valence-corrected chi connectivity index (χ4v) is 9.28. The van der Waals surface area contributed by atoms with Crippen molar-refractivity contribution in [1.29, 1.82) is 0 Å². The van der Waals surface area contributed by atoms with Crippen LogP contribution in [-0.2, 0) is 14.3 Å². The Morgan fingerprint density at radius 3 is 1.13 bits per heavy atom. The minimum Gasteiger partial charge on any atom is -0.394 e. The summed E-state index contributed by atoms with van der Waals surface area (Å²) in [5.74, 6) is -0.140. The zero-order valence-electron chi connectivity index (χ0n) is 41.6. The summed E-state index contributed by atoms with van der Waals surface area (Å²) in [6, 6.07) is -0.711. The quantitative estimate of drug-likeness (QED) is 0.0331. The number of ether oxygens (including phenoxy) is 2. The summed E-state index contributed by atoms with van der Waals surface area (Å²) in [6.45, 7) is 3.84. The average molecular weight is 898 g/mol. The lowest BCUT2D eigenvalue weighted by Gasteiger charge is -2.40. The average Bonchev–Trinajstić information content (AvgIpc) is 3.28. The second-order valence-corrected chi connectivity index (χ2v) is 19.7. The molecule has 6 N–H and O–H groups in total. The van der Waals surface area contributed by atoms with Gasteiger partial charge in [-0.15, -0.1) is 0 Å². The Bertz CT molecular complexity index is 955. The highest BCUT2D eigenvalue weighted by Crippen LogP contribution is 2.23. The van der Waals surface area contributed by atoms with Gasteiger partial charge in [0.2, 0.25) is 5.91 Å². The molecule has 2 unspecified atom stereocenters. The first-order chi connectivity index (χ1) is 30.8. The smallest absolute Gasteiger partial charge is 0.220 e. The van der Waals surface area contributed by atoms with Gasteiger partial charge in [-0.1, -0.05) is 264 Å². The number of hydrogen-bond acceptors (Lipinski definition) is 8. The second kappa shape index (κ2) is 45.0. The monoisotopic (exact) mass is 898 g/mol. The maximum Gasteiger partial charge on any atom is 0.220 e. The molecule has 1 aliphatic rings. The van der Waals surface area contributed by atoms with E-state index in [1.165, 1.54) is 218 Å². The van der Waals surface area contributed by atoms with E-state index in [0.29, 0.717) is 12.8 Å². The van der Waals surface area contributed by atoms with Gasteiger partial charge in [0.15, 0.2) is 6.29 Å². The molecule has 9 nitrogen and oxygen atoms in total. The van der Waals surface area contributed by atoms with Crippen molar-refractivity contribution in [3.05, 3.63) is 0 Å². The summed E-state index contributed by atoms with van der Waals surface area (Å²) >= 11 is 0. The van der Waals surface area contributed by atoms with Crippen molar-refractivity contribution < 1.29 is 39.8 Å². The Hall–Kier alpha value is -0.810. The van der Waals surface area contributed by atoms with E-state index in [0.717, 1.165) is 38.5 Å². The van der Waals surface area contributed by atoms with Crippen LogP contribution in [0.4, 0.5) is 0 Å². The van der Waals surface area contributed by atoms with Crippen molar-refractivity contribution in [2.75, 3.05) is 13.2 Å². The van der Waals surface area contributed by atoms with Gasteiger partial charge in [0.05, 0.1) is 25.4 Å². The van der Waals surface area contributed by atoms with Crippen molar-refractivity contribution in [1.82, 2.24) is 5.32 Å². The van der Waals surface area contributed by atoms with Crippen LogP contribution in [0, 0.1) is 0 Å². The van der Waals surface area contributed by atoms with Gasteiger partial charge in [-0.2, -0.15) is 0 Å². The molecule has 1 saturated heterocycles. The van der Waals surface area contributed by atoms with Crippen molar-refractivity contribution >= 4 is 5.91 Å². The van der Waals surface area contributed by atoms with Gasteiger partial charge in [0.25, 0.3) is 0 Å². The van der Waals surface area contributed by atoms with Crippen LogP contribution >= 0.6 is 0 Å². The van der Waals surface area contributed by atoms with E-state index in [1.807, 2.05) is 0 Å². The highest BCUT2D eigenvalue weighted by molar-refractivity contribution is 5.76. The first kappa shape index (κ1) is 60.2. The molecule has 0 aromatic carbocycles. The molecule has 1 heterocycles. The third kappa shape index (κ3) is 35.1. The van der Waals surface area contributed by atoms with Gasteiger partial charge in [0.1, 0.15) is 24.4 Å². The summed E-state index contributed by atoms with van der Waals surface area (Å²) in [4.78, 5) is 13.0. The van der Waals surface area contributed by atoms with Crippen molar-refractivity contribution in [3.63, 3.8) is 0 Å². The molecule has 1 amide bonds.